The van der Waals surface area contributed by atoms with Crippen LogP contribution in [0.25, 0.3) is 0 Å². The van der Waals surface area contributed by atoms with Gasteiger partial charge in [0.1, 0.15) is 0 Å². The summed E-state index contributed by atoms with van der Waals surface area (Å²) in [6.07, 6.45) is 5.86. The van der Waals surface area contributed by atoms with Gasteiger partial charge in [0.25, 0.3) is 8.32 Å². The lowest BCUT2D eigenvalue weighted by Gasteiger charge is -2.43. The molecule has 1 nitrogen and oxygen atoms in total. The van der Waals surface area contributed by atoms with E-state index in [9.17, 15) is 0 Å². The molecule has 2 aromatic rings. The van der Waals surface area contributed by atoms with E-state index in [-0.39, 0.29) is 5.04 Å². The second-order valence-electron chi connectivity index (χ2n) is 9.26. The molecule has 28 heavy (non-hydrogen) atoms. The summed E-state index contributed by atoms with van der Waals surface area (Å²) in [5.74, 6) is 0.675. The third kappa shape index (κ3) is 5.68. The van der Waals surface area contributed by atoms with Crippen molar-refractivity contribution >= 4 is 18.7 Å². The molecular formula is C26H38OSi. The van der Waals surface area contributed by atoms with Gasteiger partial charge in [-0.25, -0.2) is 0 Å². The second kappa shape index (κ2) is 10.2. The van der Waals surface area contributed by atoms with Crippen LogP contribution in [0.3, 0.4) is 0 Å². The molecule has 0 aliphatic carbocycles. The average Bonchev–Trinajstić information content (AvgIpc) is 2.65. The summed E-state index contributed by atoms with van der Waals surface area (Å²) in [5.41, 5.74) is 1.41. The highest BCUT2D eigenvalue weighted by atomic mass is 28.4. The van der Waals surface area contributed by atoms with Gasteiger partial charge in [0.2, 0.25) is 0 Å². The highest BCUT2D eigenvalue weighted by molar-refractivity contribution is 6.99. The van der Waals surface area contributed by atoms with E-state index in [1.807, 2.05) is 0 Å². The molecule has 0 radical (unpaired) electrons. The van der Waals surface area contributed by atoms with Gasteiger partial charge in [-0.2, -0.15) is 0 Å². The molecule has 2 heteroatoms. The van der Waals surface area contributed by atoms with Crippen molar-refractivity contribution in [3.05, 3.63) is 72.3 Å². The van der Waals surface area contributed by atoms with Crippen LogP contribution in [-0.4, -0.2) is 14.9 Å². The maximum atomic E-state index is 6.99. The molecule has 0 saturated carbocycles. The van der Waals surface area contributed by atoms with Crippen LogP contribution in [0.5, 0.6) is 0 Å². The summed E-state index contributed by atoms with van der Waals surface area (Å²) in [4.78, 5) is 0. The van der Waals surface area contributed by atoms with Crippen molar-refractivity contribution < 1.29 is 4.43 Å². The minimum Gasteiger partial charge on any atom is -0.407 e. The number of hydrogen-bond donors (Lipinski definition) is 0. The van der Waals surface area contributed by atoms with E-state index in [0.29, 0.717) is 5.92 Å². The summed E-state index contributed by atoms with van der Waals surface area (Å²) >= 11 is 0. The number of hydrogen-bond acceptors (Lipinski definition) is 1. The quantitative estimate of drug-likeness (QED) is 0.356. The summed E-state index contributed by atoms with van der Waals surface area (Å²) in [6, 6.07) is 21.9. The predicted molar refractivity (Wildman–Crippen MR) is 126 cm³/mol. The minimum absolute atomic E-state index is 0.0566. The molecule has 0 N–H and O–H groups in total. The number of rotatable bonds is 9. The Labute approximate surface area is 174 Å². The van der Waals surface area contributed by atoms with Gasteiger partial charge >= 0.3 is 0 Å². The van der Waals surface area contributed by atoms with E-state index >= 15 is 0 Å². The molecule has 0 bridgehead atoms. The lowest BCUT2D eigenvalue weighted by atomic mass is 10.0. The van der Waals surface area contributed by atoms with Crippen LogP contribution in [0.15, 0.2) is 72.3 Å². The van der Waals surface area contributed by atoms with Gasteiger partial charge in [0.05, 0.1) is 0 Å². The molecule has 0 fully saturated rings. The lowest BCUT2D eigenvalue weighted by molar-refractivity contribution is 0.264. The zero-order valence-corrected chi connectivity index (χ0v) is 19.7. The molecular weight excluding hydrogens is 356 g/mol. The van der Waals surface area contributed by atoms with Crippen molar-refractivity contribution in [1.29, 1.82) is 0 Å². The average molecular weight is 395 g/mol. The van der Waals surface area contributed by atoms with Crippen LogP contribution in [0.2, 0.25) is 5.04 Å². The standard InChI is InChI=1S/C26H38OSi/c1-22(2)14-13-15-23(3)20-21-27-28(26(4,5)6,24-16-9-7-10-17-24)25-18-11-8-12-19-25/h7-12,14,16-19,23H,13,15,20-21H2,1-6H3. The Balaban J connectivity index is 2.26. The van der Waals surface area contributed by atoms with Crippen LogP contribution in [0.4, 0.5) is 0 Å². The van der Waals surface area contributed by atoms with E-state index in [1.54, 1.807) is 0 Å². The Morgan fingerprint density at radius 2 is 1.39 bits per heavy atom. The monoisotopic (exact) mass is 394 g/mol. The summed E-state index contributed by atoms with van der Waals surface area (Å²) < 4.78 is 6.99. The number of benzene rings is 2. The van der Waals surface area contributed by atoms with Crippen molar-refractivity contribution in [3.8, 4) is 0 Å². The normalized spacial score (nSPS) is 13.2. The molecule has 0 aliphatic rings. The van der Waals surface area contributed by atoms with E-state index in [2.05, 4.69) is 108 Å². The maximum Gasteiger partial charge on any atom is 0.261 e. The molecule has 1 unspecified atom stereocenters. The van der Waals surface area contributed by atoms with Crippen molar-refractivity contribution in [2.45, 2.75) is 65.8 Å². The summed E-state index contributed by atoms with van der Waals surface area (Å²) in [6.45, 7) is 14.6. The summed E-state index contributed by atoms with van der Waals surface area (Å²) in [5, 5.41) is 2.79. The van der Waals surface area contributed by atoms with Gasteiger partial charge in [-0.15, -0.1) is 0 Å². The van der Waals surface area contributed by atoms with Crippen LogP contribution >= 0.6 is 0 Å². The molecule has 152 valence electrons. The van der Waals surface area contributed by atoms with Crippen LogP contribution in [-0.2, 0) is 4.43 Å². The van der Waals surface area contributed by atoms with Gasteiger partial charge < -0.3 is 4.43 Å². The van der Waals surface area contributed by atoms with E-state index in [4.69, 9.17) is 4.43 Å². The Kier molecular flexibility index (Phi) is 8.27. The smallest absolute Gasteiger partial charge is 0.261 e. The van der Waals surface area contributed by atoms with Gasteiger partial charge in [-0.1, -0.05) is 100 Å². The molecule has 0 aliphatic heterocycles. The molecule has 2 aromatic carbocycles. The van der Waals surface area contributed by atoms with E-state index in [0.717, 1.165) is 13.0 Å². The van der Waals surface area contributed by atoms with Gasteiger partial charge in [0, 0.05) is 6.61 Å². The Hall–Kier alpha value is -1.64. The fraction of sp³-hybridized carbons (Fsp3) is 0.462. The first-order valence-electron chi connectivity index (χ1n) is 10.7. The molecule has 0 aromatic heterocycles. The summed E-state index contributed by atoms with van der Waals surface area (Å²) in [7, 11) is -2.38. The Morgan fingerprint density at radius 3 is 1.82 bits per heavy atom. The predicted octanol–water partition coefficient (Wildman–Crippen LogP) is 6.34. The highest BCUT2D eigenvalue weighted by Gasteiger charge is 2.49. The van der Waals surface area contributed by atoms with E-state index < -0.39 is 8.32 Å². The van der Waals surface area contributed by atoms with Gasteiger partial charge in [0.15, 0.2) is 0 Å². The van der Waals surface area contributed by atoms with Crippen molar-refractivity contribution in [3.63, 3.8) is 0 Å². The van der Waals surface area contributed by atoms with Gasteiger partial charge in [-0.05, 0) is 54.4 Å². The van der Waals surface area contributed by atoms with Gasteiger partial charge in [-0.3, -0.25) is 0 Å². The van der Waals surface area contributed by atoms with Crippen LogP contribution in [0.1, 0.15) is 60.8 Å². The molecule has 0 saturated heterocycles. The van der Waals surface area contributed by atoms with Crippen LogP contribution in [0, 0.1) is 5.92 Å². The Bertz CT molecular complexity index is 685. The SMILES string of the molecule is CC(C)=CCCC(C)CCO[Si](c1ccccc1)(c1ccccc1)C(C)(C)C. The zero-order chi connectivity index (χ0) is 20.6. The van der Waals surface area contributed by atoms with Crippen molar-refractivity contribution in [1.82, 2.24) is 0 Å². The third-order valence-corrected chi connectivity index (χ3v) is 10.6. The molecule has 2 rings (SSSR count). The lowest BCUT2D eigenvalue weighted by Crippen LogP contribution is -2.66. The fourth-order valence-electron chi connectivity index (χ4n) is 3.98. The Morgan fingerprint density at radius 1 is 0.893 bits per heavy atom. The van der Waals surface area contributed by atoms with E-state index in [1.165, 1.54) is 28.8 Å². The van der Waals surface area contributed by atoms with Crippen LogP contribution < -0.4 is 10.4 Å². The molecule has 0 heterocycles. The third-order valence-electron chi connectivity index (χ3n) is 5.56. The molecule has 0 amide bonds. The largest absolute Gasteiger partial charge is 0.407 e. The topological polar surface area (TPSA) is 9.23 Å². The zero-order valence-electron chi connectivity index (χ0n) is 18.7. The van der Waals surface area contributed by atoms with Crippen molar-refractivity contribution in [2.24, 2.45) is 5.92 Å². The molecule has 0 spiro atoms. The number of allylic oxidation sites excluding steroid dienone is 2. The first kappa shape index (κ1) is 22.6. The second-order valence-corrected chi connectivity index (χ2v) is 13.6. The maximum absolute atomic E-state index is 6.99. The molecule has 1 atom stereocenters. The first-order valence-corrected chi connectivity index (χ1v) is 12.6. The first-order chi connectivity index (χ1) is 13.3. The van der Waals surface area contributed by atoms with Crippen molar-refractivity contribution in [2.75, 3.05) is 6.61 Å². The minimum atomic E-state index is -2.38. The highest BCUT2D eigenvalue weighted by Crippen LogP contribution is 2.37. The fourth-order valence-corrected chi connectivity index (χ4v) is 8.56.